The first-order valence-electron chi connectivity index (χ1n) is 6.16. The second kappa shape index (κ2) is 5.47. The zero-order chi connectivity index (χ0) is 15.0. The maximum atomic E-state index is 12.2. The Morgan fingerprint density at radius 3 is 2.75 bits per heavy atom. The maximum Gasteiger partial charge on any atom is 0.244 e. The summed E-state index contributed by atoms with van der Waals surface area (Å²) in [5.41, 5.74) is 0. The maximum absolute atomic E-state index is 12.2. The van der Waals surface area contributed by atoms with Gasteiger partial charge in [-0.2, -0.15) is 0 Å². The normalized spacial score (nSPS) is 22.8. The Labute approximate surface area is 118 Å². The van der Waals surface area contributed by atoms with Crippen molar-refractivity contribution < 1.29 is 26.4 Å². The van der Waals surface area contributed by atoms with Crippen molar-refractivity contribution in [2.45, 2.75) is 37.3 Å². The van der Waals surface area contributed by atoms with Gasteiger partial charge in [-0.3, -0.25) is 0 Å². The number of rotatable bonds is 4. The zero-order valence-electron chi connectivity index (χ0n) is 11.0. The van der Waals surface area contributed by atoms with Crippen molar-refractivity contribution in [1.29, 1.82) is 0 Å². The summed E-state index contributed by atoms with van der Waals surface area (Å²) in [4.78, 5) is -0.0653. The summed E-state index contributed by atoms with van der Waals surface area (Å²) in [6.07, 6.45) is 0.935. The van der Waals surface area contributed by atoms with E-state index >= 15 is 0 Å². The van der Waals surface area contributed by atoms with E-state index in [0.717, 1.165) is 0 Å². The molecule has 0 bridgehead atoms. The smallest absolute Gasteiger partial charge is 0.244 e. The van der Waals surface area contributed by atoms with Crippen molar-refractivity contribution in [2.24, 2.45) is 0 Å². The van der Waals surface area contributed by atoms with Crippen molar-refractivity contribution in [3.8, 4) is 0 Å². The number of sulfonamides is 1. The zero-order valence-corrected chi connectivity index (χ0v) is 12.6. The highest BCUT2D eigenvalue weighted by atomic mass is 32.2. The van der Waals surface area contributed by atoms with Crippen molar-refractivity contribution in [3.05, 3.63) is 17.6 Å². The van der Waals surface area contributed by atoms with Gasteiger partial charge in [0, 0.05) is 12.1 Å². The molecule has 2 N–H and O–H groups in total. The minimum atomic E-state index is -3.85. The molecule has 0 amide bonds. The Balaban J connectivity index is 2.20. The van der Waals surface area contributed by atoms with Crippen LogP contribution in [0.3, 0.4) is 0 Å². The SMILES string of the molecule is Cc1oc(CO)cc1S(=O)(=O)NC1CCCS(=O)(=O)C1. The Morgan fingerprint density at radius 1 is 1.50 bits per heavy atom. The molecule has 114 valence electrons. The van der Waals surface area contributed by atoms with E-state index in [1.807, 2.05) is 0 Å². The third-order valence-electron chi connectivity index (χ3n) is 3.15. The summed E-state index contributed by atoms with van der Waals surface area (Å²) in [6, 6.07) is 0.625. The molecular weight excluding hydrogens is 306 g/mol. The van der Waals surface area contributed by atoms with Crippen LogP contribution in [0.4, 0.5) is 0 Å². The molecule has 9 heteroatoms. The van der Waals surface area contributed by atoms with E-state index in [2.05, 4.69) is 4.72 Å². The fraction of sp³-hybridized carbons (Fsp3) is 0.636. The van der Waals surface area contributed by atoms with Gasteiger partial charge in [-0.25, -0.2) is 21.6 Å². The van der Waals surface area contributed by atoms with Crippen molar-refractivity contribution in [1.82, 2.24) is 4.72 Å². The van der Waals surface area contributed by atoms with Gasteiger partial charge in [0.25, 0.3) is 0 Å². The number of nitrogens with one attached hydrogen (secondary N) is 1. The fourth-order valence-electron chi connectivity index (χ4n) is 2.27. The molecule has 2 heterocycles. The molecule has 0 saturated carbocycles. The minimum Gasteiger partial charge on any atom is -0.462 e. The van der Waals surface area contributed by atoms with Gasteiger partial charge in [0.15, 0.2) is 9.84 Å². The lowest BCUT2D eigenvalue weighted by atomic mass is 10.2. The Hall–Kier alpha value is -0.900. The van der Waals surface area contributed by atoms with Crippen LogP contribution < -0.4 is 4.72 Å². The molecule has 1 saturated heterocycles. The van der Waals surface area contributed by atoms with Gasteiger partial charge >= 0.3 is 0 Å². The van der Waals surface area contributed by atoms with Crippen LogP contribution in [0.1, 0.15) is 24.4 Å². The molecular formula is C11H17NO6S2. The van der Waals surface area contributed by atoms with Gasteiger partial charge in [-0.05, 0) is 19.8 Å². The second-order valence-corrected chi connectivity index (χ2v) is 8.78. The molecule has 1 aliphatic rings. The third kappa shape index (κ3) is 3.40. The predicted octanol–water partition coefficient (Wildman–Crippen LogP) is -0.0642. The van der Waals surface area contributed by atoms with Crippen LogP contribution in [0.15, 0.2) is 15.4 Å². The van der Waals surface area contributed by atoms with E-state index in [4.69, 9.17) is 9.52 Å². The fourth-order valence-corrected chi connectivity index (χ4v) is 5.48. The summed E-state index contributed by atoms with van der Waals surface area (Å²) in [6.45, 7) is 1.08. The number of aryl methyl sites for hydroxylation is 1. The summed E-state index contributed by atoms with van der Waals surface area (Å²) < 4.78 is 54.9. The molecule has 1 fully saturated rings. The van der Waals surface area contributed by atoms with Gasteiger partial charge in [0.2, 0.25) is 10.0 Å². The Kier molecular flexibility index (Phi) is 4.24. The first kappa shape index (κ1) is 15.5. The average molecular weight is 323 g/mol. The molecule has 1 aliphatic heterocycles. The number of furan rings is 1. The van der Waals surface area contributed by atoms with E-state index in [1.165, 1.54) is 13.0 Å². The highest BCUT2D eigenvalue weighted by Crippen LogP contribution is 2.21. The van der Waals surface area contributed by atoms with E-state index in [0.29, 0.717) is 12.8 Å². The average Bonchev–Trinajstić information content (AvgIpc) is 2.69. The number of aliphatic hydroxyl groups excluding tert-OH is 1. The molecule has 1 atom stereocenters. The van der Waals surface area contributed by atoms with Crippen LogP contribution in [0.25, 0.3) is 0 Å². The van der Waals surface area contributed by atoms with Crippen molar-refractivity contribution in [2.75, 3.05) is 11.5 Å². The molecule has 0 spiro atoms. The Morgan fingerprint density at radius 2 is 2.20 bits per heavy atom. The molecule has 0 radical (unpaired) electrons. The van der Waals surface area contributed by atoms with Crippen LogP contribution in [0.2, 0.25) is 0 Å². The number of aliphatic hydroxyl groups is 1. The van der Waals surface area contributed by atoms with Crippen molar-refractivity contribution in [3.63, 3.8) is 0 Å². The standard InChI is InChI=1S/C11H17NO6S2/c1-8-11(5-10(6-13)18-8)20(16,17)12-9-3-2-4-19(14,15)7-9/h5,9,12-13H,2-4,6-7H2,1H3. The van der Waals surface area contributed by atoms with Gasteiger partial charge in [-0.1, -0.05) is 0 Å². The second-order valence-electron chi connectivity index (χ2n) is 4.87. The van der Waals surface area contributed by atoms with E-state index in [1.54, 1.807) is 0 Å². The van der Waals surface area contributed by atoms with E-state index in [-0.39, 0.29) is 27.9 Å². The first-order valence-corrected chi connectivity index (χ1v) is 9.47. The predicted molar refractivity (Wildman–Crippen MR) is 71.4 cm³/mol. The first-order chi connectivity index (χ1) is 9.23. The lowest BCUT2D eigenvalue weighted by molar-refractivity contribution is 0.244. The monoisotopic (exact) mass is 323 g/mol. The van der Waals surface area contributed by atoms with Gasteiger partial charge in [-0.15, -0.1) is 0 Å². The Bertz CT molecular complexity index is 688. The van der Waals surface area contributed by atoms with Crippen LogP contribution in [-0.2, 0) is 26.5 Å². The highest BCUT2D eigenvalue weighted by Gasteiger charge is 2.30. The van der Waals surface area contributed by atoms with Gasteiger partial charge in [0.1, 0.15) is 23.0 Å². The van der Waals surface area contributed by atoms with Crippen LogP contribution in [0.5, 0.6) is 0 Å². The quantitative estimate of drug-likeness (QED) is 0.802. The molecule has 1 aromatic heterocycles. The molecule has 0 aromatic carbocycles. The molecule has 1 unspecified atom stereocenters. The molecule has 2 rings (SSSR count). The topological polar surface area (TPSA) is 114 Å². The van der Waals surface area contributed by atoms with Gasteiger partial charge in [0.05, 0.1) is 11.5 Å². The van der Waals surface area contributed by atoms with Gasteiger partial charge < -0.3 is 9.52 Å². The summed E-state index contributed by atoms with van der Waals surface area (Å²) in [5, 5.41) is 8.94. The van der Waals surface area contributed by atoms with E-state index in [9.17, 15) is 16.8 Å². The third-order valence-corrected chi connectivity index (χ3v) is 6.60. The minimum absolute atomic E-state index is 0.0653. The largest absolute Gasteiger partial charge is 0.462 e. The summed E-state index contributed by atoms with van der Waals surface area (Å²) in [5.74, 6) is 0.236. The number of hydrogen-bond acceptors (Lipinski definition) is 6. The van der Waals surface area contributed by atoms with Crippen molar-refractivity contribution >= 4 is 19.9 Å². The number of hydrogen-bond donors (Lipinski definition) is 2. The lowest BCUT2D eigenvalue weighted by Crippen LogP contribution is -2.43. The summed E-state index contributed by atoms with van der Waals surface area (Å²) >= 11 is 0. The molecule has 0 aliphatic carbocycles. The van der Waals surface area contributed by atoms with Crippen LogP contribution in [0, 0.1) is 6.92 Å². The molecule has 7 nitrogen and oxygen atoms in total. The van der Waals surface area contributed by atoms with Crippen LogP contribution in [-0.4, -0.2) is 39.5 Å². The lowest BCUT2D eigenvalue weighted by Gasteiger charge is -2.22. The molecule has 1 aromatic rings. The highest BCUT2D eigenvalue weighted by molar-refractivity contribution is 7.91. The number of sulfone groups is 1. The van der Waals surface area contributed by atoms with Crippen LogP contribution >= 0.6 is 0 Å². The summed E-state index contributed by atoms with van der Waals surface area (Å²) in [7, 11) is -7.04. The molecule has 20 heavy (non-hydrogen) atoms. The van der Waals surface area contributed by atoms with E-state index < -0.39 is 32.5 Å².